The quantitative estimate of drug-likeness (QED) is 0.382. The van der Waals surface area contributed by atoms with Gasteiger partial charge in [0.2, 0.25) is 5.95 Å². The van der Waals surface area contributed by atoms with Crippen LogP contribution in [0.2, 0.25) is 0 Å². The molecule has 0 saturated carbocycles. The summed E-state index contributed by atoms with van der Waals surface area (Å²) >= 11 is 3.46. The van der Waals surface area contributed by atoms with Crippen LogP contribution in [0.3, 0.4) is 0 Å². The first-order valence-electron chi connectivity index (χ1n) is 10.1. The summed E-state index contributed by atoms with van der Waals surface area (Å²) < 4.78 is 0.877. The summed E-state index contributed by atoms with van der Waals surface area (Å²) in [6.07, 6.45) is -1.15. The number of aromatic nitrogens is 2. The van der Waals surface area contributed by atoms with Gasteiger partial charge in [-0.3, -0.25) is 14.6 Å². The van der Waals surface area contributed by atoms with Gasteiger partial charge in [-0.05, 0) is 35.9 Å². The molecule has 9 heteroatoms. The van der Waals surface area contributed by atoms with Gasteiger partial charge in [-0.15, -0.1) is 0 Å². The van der Waals surface area contributed by atoms with Crippen molar-refractivity contribution in [2.24, 2.45) is 0 Å². The molecule has 8 nitrogen and oxygen atoms in total. The standard InChI is InChI=1S/C24H19BrN4O4/c1-28(23(31)32)22-26-19-10-9-15(12-20(19)27-22)24(33)18-8-3-2-7-17(18)21(30)29(24)13-14-5-4-6-16(25)11-14/h2-12,33H,13H2,1H3,(H,26,27)(H,31,32). The number of hydrogen-bond acceptors (Lipinski definition) is 4. The molecule has 0 saturated heterocycles. The van der Waals surface area contributed by atoms with E-state index < -0.39 is 11.8 Å². The molecule has 3 aromatic carbocycles. The van der Waals surface area contributed by atoms with E-state index >= 15 is 0 Å². The molecule has 2 heterocycles. The Kier molecular flexibility index (Phi) is 4.95. The molecule has 1 aliphatic rings. The first-order valence-corrected chi connectivity index (χ1v) is 10.9. The molecule has 5 rings (SSSR count). The minimum absolute atomic E-state index is 0.163. The lowest BCUT2D eigenvalue weighted by Gasteiger charge is -2.35. The molecule has 33 heavy (non-hydrogen) atoms. The fourth-order valence-electron chi connectivity index (χ4n) is 4.19. The Balaban J connectivity index is 1.64. The topological polar surface area (TPSA) is 110 Å². The highest BCUT2D eigenvalue weighted by molar-refractivity contribution is 9.10. The number of carbonyl (C=O) groups is 2. The molecule has 166 valence electrons. The summed E-state index contributed by atoms with van der Waals surface area (Å²) in [7, 11) is 1.39. The third-order valence-electron chi connectivity index (χ3n) is 5.88. The fraction of sp³-hybridized carbons (Fsp3) is 0.125. The lowest BCUT2D eigenvalue weighted by Crippen LogP contribution is -2.44. The Bertz CT molecular complexity index is 1420. The van der Waals surface area contributed by atoms with Crippen LogP contribution in [0.25, 0.3) is 11.0 Å². The third kappa shape index (κ3) is 3.37. The predicted octanol–water partition coefficient (Wildman–Crippen LogP) is 4.29. The maximum Gasteiger partial charge on any atom is 0.413 e. The van der Waals surface area contributed by atoms with Gasteiger partial charge in [0, 0.05) is 34.8 Å². The number of nitrogens with zero attached hydrogens (tertiary/aromatic N) is 3. The van der Waals surface area contributed by atoms with Crippen molar-refractivity contribution in [3.05, 3.63) is 93.5 Å². The van der Waals surface area contributed by atoms with Crippen LogP contribution in [0.1, 0.15) is 27.0 Å². The van der Waals surface area contributed by atoms with Gasteiger partial charge in [0.05, 0.1) is 11.0 Å². The number of aromatic amines is 1. The SMILES string of the molecule is CN(C(=O)O)c1nc2ccc(C3(O)c4ccccc4C(=O)N3Cc3cccc(Br)c3)cc2[nH]1. The van der Waals surface area contributed by atoms with E-state index in [9.17, 15) is 19.8 Å². The number of benzene rings is 3. The second-order valence-corrected chi connectivity index (χ2v) is 8.79. The first-order chi connectivity index (χ1) is 15.8. The molecule has 2 amide bonds. The molecule has 1 atom stereocenters. The highest BCUT2D eigenvalue weighted by Gasteiger charge is 2.49. The maximum atomic E-state index is 13.4. The number of carboxylic acid groups (broad SMARTS) is 1. The van der Waals surface area contributed by atoms with Crippen molar-refractivity contribution in [1.29, 1.82) is 0 Å². The van der Waals surface area contributed by atoms with Crippen molar-refractivity contribution >= 4 is 44.9 Å². The summed E-state index contributed by atoms with van der Waals surface area (Å²) in [6.45, 7) is 0.192. The molecule has 3 N–H and O–H groups in total. The number of H-pyrrole nitrogens is 1. The van der Waals surface area contributed by atoms with E-state index in [2.05, 4.69) is 25.9 Å². The number of amides is 2. The normalized spacial score (nSPS) is 17.4. The highest BCUT2D eigenvalue weighted by Crippen LogP contribution is 2.43. The Morgan fingerprint density at radius 3 is 2.70 bits per heavy atom. The lowest BCUT2D eigenvalue weighted by molar-refractivity contribution is -0.0542. The highest BCUT2D eigenvalue weighted by atomic mass is 79.9. The second kappa shape index (κ2) is 7.72. The van der Waals surface area contributed by atoms with E-state index in [0.717, 1.165) is 14.9 Å². The van der Waals surface area contributed by atoms with Crippen LogP contribution in [-0.2, 0) is 12.3 Å². The number of rotatable bonds is 4. The van der Waals surface area contributed by atoms with Gasteiger partial charge in [-0.25, -0.2) is 9.78 Å². The van der Waals surface area contributed by atoms with Crippen LogP contribution < -0.4 is 4.90 Å². The zero-order valence-electron chi connectivity index (χ0n) is 17.5. The van der Waals surface area contributed by atoms with Gasteiger partial charge in [0.1, 0.15) is 0 Å². The smallest absolute Gasteiger partial charge is 0.413 e. The molecular formula is C24H19BrN4O4. The Hall–Kier alpha value is -3.69. The van der Waals surface area contributed by atoms with Crippen LogP contribution in [0.4, 0.5) is 10.7 Å². The van der Waals surface area contributed by atoms with E-state index in [-0.39, 0.29) is 18.4 Å². The Morgan fingerprint density at radius 2 is 1.94 bits per heavy atom. The zero-order chi connectivity index (χ0) is 23.3. The molecule has 0 bridgehead atoms. The van der Waals surface area contributed by atoms with Crippen LogP contribution in [0.15, 0.2) is 71.2 Å². The van der Waals surface area contributed by atoms with Crippen LogP contribution >= 0.6 is 15.9 Å². The first kappa shape index (κ1) is 21.2. The van der Waals surface area contributed by atoms with Gasteiger partial charge in [-0.2, -0.15) is 0 Å². The molecule has 1 aromatic heterocycles. The van der Waals surface area contributed by atoms with Crippen molar-refractivity contribution in [3.8, 4) is 0 Å². The second-order valence-electron chi connectivity index (χ2n) is 7.87. The van der Waals surface area contributed by atoms with Crippen LogP contribution in [-0.4, -0.2) is 44.1 Å². The minimum atomic E-state index is -1.71. The molecule has 0 fully saturated rings. The van der Waals surface area contributed by atoms with Gasteiger partial charge in [-0.1, -0.05) is 52.3 Å². The lowest BCUT2D eigenvalue weighted by atomic mass is 9.93. The van der Waals surface area contributed by atoms with Crippen LogP contribution in [0.5, 0.6) is 0 Å². The number of halogens is 1. The minimum Gasteiger partial charge on any atom is -0.465 e. The zero-order valence-corrected chi connectivity index (χ0v) is 19.1. The Labute approximate surface area is 197 Å². The third-order valence-corrected chi connectivity index (χ3v) is 6.37. The number of anilines is 1. The van der Waals surface area contributed by atoms with Crippen molar-refractivity contribution in [2.75, 3.05) is 11.9 Å². The summed E-state index contributed by atoms with van der Waals surface area (Å²) in [4.78, 5) is 34.4. The van der Waals surface area contributed by atoms with Crippen LogP contribution in [0, 0.1) is 0 Å². The van der Waals surface area contributed by atoms with Crippen molar-refractivity contribution in [1.82, 2.24) is 14.9 Å². The van der Waals surface area contributed by atoms with E-state index in [1.165, 1.54) is 11.9 Å². The van der Waals surface area contributed by atoms with E-state index in [1.807, 2.05) is 24.3 Å². The van der Waals surface area contributed by atoms with E-state index in [4.69, 9.17) is 0 Å². The summed E-state index contributed by atoms with van der Waals surface area (Å²) in [6, 6.07) is 19.7. The maximum absolute atomic E-state index is 13.4. The molecule has 4 aromatic rings. The van der Waals surface area contributed by atoms with Gasteiger partial charge < -0.3 is 15.2 Å². The molecule has 0 spiro atoms. The largest absolute Gasteiger partial charge is 0.465 e. The predicted molar refractivity (Wildman–Crippen MR) is 126 cm³/mol. The summed E-state index contributed by atoms with van der Waals surface area (Å²) in [5.74, 6) is -0.111. The summed E-state index contributed by atoms with van der Waals surface area (Å²) in [5.41, 5.74) is 1.63. The number of fused-ring (bicyclic) bond motifs is 2. The average molecular weight is 507 g/mol. The van der Waals surface area contributed by atoms with Gasteiger partial charge >= 0.3 is 6.09 Å². The number of nitrogens with one attached hydrogen (secondary N) is 1. The molecule has 0 radical (unpaired) electrons. The molecule has 1 unspecified atom stereocenters. The molecular weight excluding hydrogens is 488 g/mol. The number of carbonyl (C=O) groups excluding carboxylic acids is 1. The van der Waals surface area contributed by atoms with E-state index in [1.54, 1.807) is 42.5 Å². The van der Waals surface area contributed by atoms with Gasteiger partial charge in [0.25, 0.3) is 5.91 Å². The number of hydrogen-bond donors (Lipinski definition) is 3. The molecule has 1 aliphatic heterocycles. The van der Waals surface area contributed by atoms with Gasteiger partial charge in [0.15, 0.2) is 5.72 Å². The Morgan fingerprint density at radius 1 is 1.15 bits per heavy atom. The molecule has 0 aliphatic carbocycles. The number of aliphatic hydroxyl groups is 1. The fourth-order valence-corrected chi connectivity index (χ4v) is 4.64. The van der Waals surface area contributed by atoms with Crippen molar-refractivity contribution < 1.29 is 19.8 Å². The summed E-state index contributed by atoms with van der Waals surface area (Å²) in [5, 5.41) is 21.3. The van der Waals surface area contributed by atoms with Crippen molar-refractivity contribution in [2.45, 2.75) is 12.3 Å². The number of imidazole rings is 1. The average Bonchev–Trinajstić information content (AvgIpc) is 3.32. The monoisotopic (exact) mass is 506 g/mol. The van der Waals surface area contributed by atoms with E-state index in [0.29, 0.717) is 27.7 Å². The van der Waals surface area contributed by atoms with Crippen molar-refractivity contribution in [3.63, 3.8) is 0 Å².